The molecule has 0 radical (unpaired) electrons. The van der Waals surface area contributed by atoms with E-state index in [0.29, 0.717) is 6.54 Å². The topological polar surface area (TPSA) is 82.2 Å². The molecule has 0 aliphatic heterocycles. The Bertz CT molecular complexity index is 867. The van der Waals surface area contributed by atoms with Crippen LogP contribution in [0, 0.1) is 6.92 Å². The smallest absolute Gasteiger partial charge is 0.285 e. The lowest BCUT2D eigenvalue weighted by Crippen LogP contribution is -2.30. The van der Waals surface area contributed by atoms with E-state index in [2.05, 4.69) is 34.8 Å². The van der Waals surface area contributed by atoms with Crippen LogP contribution in [0.1, 0.15) is 21.6 Å². The van der Waals surface area contributed by atoms with Gasteiger partial charge in [-0.05, 0) is 42.8 Å². The molecule has 25 heavy (non-hydrogen) atoms. The van der Waals surface area contributed by atoms with E-state index in [1.165, 1.54) is 5.56 Å². The Morgan fingerprint density at radius 1 is 1.16 bits per heavy atom. The highest BCUT2D eigenvalue weighted by Crippen LogP contribution is 2.24. The van der Waals surface area contributed by atoms with Crippen molar-refractivity contribution < 1.29 is 9.53 Å². The largest absolute Gasteiger partial charge is 0.497 e. The molecule has 3 rings (SSSR count). The molecule has 0 saturated carbocycles. The molecule has 128 valence electrons. The molecule has 1 aromatic heterocycles. The molecule has 0 unspecified atom stereocenters. The van der Waals surface area contributed by atoms with Gasteiger partial charge in [0, 0.05) is 5.56 Å². The quantitative estimate of drug-likeness (QED) is 0.426. The maximum Gasteiger partial charge on any atom is 0.285 e. The molecule has 0 bridgehead atoms. The zero-order chi connectivity index (χ0) is 17.8. The van der Waals surface area contributed by atoms with E-state index >= 15 is 0 Å². The number of aromatic nitrogens is 2. The average Bonchev–Trinajstić information content (AvgIpc) is 3.07. The fraction of sp³-hybridized carbons (Fsp3) is 0.158. The first-order chi connectivity index (χ1) is 12.1. The van der Waals surface area contributed by atoms with Crippen LogP contribution in [-0.4, -0.2) is 22.8 Å². The van der Waals surface area contributed by atoms with Crippen LogP contribution in [0.5, 0.6) is 5.75 Å². The summed E-state index contributed by atoms with van der Waals surface area (Å²) in [6, 6.07) is 17.6. The zero-order valence-electron chi connectivity index (χ0n) is 14.2. The van der Waals surface area contributed by atoms with Gasteiger partial charge in [0.15, 0.2) is 5.69 Å². The average molecular weight is 336 g/mol. The molecule has 0 aliphatic carbocycles. The SMILES string of the molecule is COc1ccc(-c2cc(C(=O)NN)nn2Cc2ccc(C)cc2)cc1. The Balaban J connectivity index is 2.00. The Hall–Kier alpha value is -3.12. The van der Waals surface area contributed by atoms with Gasteiger partial charge in [-0.2, -0.15) is 5.10 Å². The summed E-state index contributed by atoms with van der Waals surface area (Å²) in [5.41, 5.74) is 6.48. The zero-order valence-corrected chi connectivity index (χ0v) is 14.2. The van der Waals surface area contributed by atoms with Gasteiger partial charge in [0.2, 0.25) is 0 Å². The fourth-order valence-electron chi connectivity index (χ4n) is 2.58. The van der Waals surface area contributed by atoms with Crippen molar-refractivity contribution in [2.24, 2.45) is 5.84 Å². The summed E-state index contributed by atoms with van der Waals surface area (Å²) < 4.78 is 7.00. The standard InChI is InChI=1S/C19H20N4O2/c1-13-3-5-14(6-4-13)12-23-18(11-17(22-23)19(24)21-20)15-7-9-16(25-2)10-8-15/h3-11H,12,20H2,1-2H3,(H,21,24). The number of nitrogens with one attached hydrogen (secondary N) is 1. The number of ether oxygens (including phenoxy) is 1. The van der Waals surface area contributed by atoms with E-state index < -0.39 is 5.91 Å². The number of benzene rings is 2. The second-order valence-electron chi connectivity index (χ2n) is 5.76. The van der Waals surface area contributed by atoms with Crippen LogP contribution in [0.2, 0.25) is 0 Å². The van der Waals surface area contributed by atoms with Crippen molar-refractivity contribution in [3.8, 4) is 17.0 Å². The number of methoxy groups -OCH3 is 1. The monoisotopic (exact) mass is 336 g/mol. The number of aryl methyl sites for hydroxylation is 1. The van der Waals surface area contributed by atoms with E-state index in [9.17, 15) is 4.79 Å². The number of carbonyl (C=O) groups excluding carboxylic acids is 1. The number of carbonyl (C=O) groups is 1. The van der Waals surface area contributed by atoms with E-state index in [4.69, 9.17) is 10.6 Å². The predicted octanol–water partition coefficient (Wildman–Crippen LogP) is 2.52. The van der Waals surface area contributed by atoms with Gasteiger partial charge in [-0.15, -0.1) is 0 Å². The molecule has 0 spiro atoms. The number of nitrogens with zero attached hydrogens (tertiary/aromatic N) is 2. The van der Waals surface area contributed by atoms with Gasteiger partial charge in [-0.1, -0.05) is 29.8 Å². The first-order valence-electron chi connectivity index (χ1n) is 7.89. The first kappa shape index (κ1) is 16.7. The number of amides is 1. The Labute approximate surface area is 146 Å². The van der Waals surface area contributed by atoms with Crippen molar-refractivity contribution in [1.82, 2.24) is 15.2 Å². The van der Waals surface area contributed by atoms with Crippen LogP contribution in [0.4, 0.5) is 0 Å². The predicted molar refractivity (Wildman–Crippen MR) is 96.1 cm³/mol. The number of hydrazine groups is 1. The summed E-state index contributed by atoms with van der Waals surface area (Å²) in [6.45, 7) is 2.60. The summed E-state index contributed by atoms with van der Waals surface area (Å²) >= 11 is 0. The molecular weight excluding hydrogens is 316 g/mol. The number of nitrogens with two attached hydrogens (primary N) is 1. The third-order valence-electron chi connectivity index (χ3n) is 3.98. The normalized spacial score (nSPS) is 10.5. The molecule has 0 atom stereocenters. The van der Waals surface area contributed by atoms with Gasteiger partial charge in [0.1, 0.15) is 5.75 Å². The van der Waals surface area contributed by atoms with Gasteiger partial charge >= 0.3 is 0 Å². The molecule has 6 nitrogen and oxygen atoms in total. The van der Waals surface area contributed by atoms with Crippen LogP contribution in [0.3, 0.4) is 0 Å². The molecule has 3 N–H and O–H groups in total. The van der Waals surface area contributed by atoms with Crippen molar-refractivity contribution in [2.45, 2.75) is 13.5 Å². The number of hydrogen-bond acceptors (Lipinski definition) is 4. The van der Waals surface area contributed by atoms with Crippen LogP contribution in [-0.2, 0) is 6.54 Å². The number of nitrogen functional groups attached to an aromatic ring is 1. The van der Waals surface area contributed by atoms with Crippen molar-refractivity contribution in [3.63, 3.8) is 0 Å². The first-order valence-corrected chi connectivity index (χ1v) is 7.89. The lowest BCUT2D eigenvalue weighted by Gasteiger charge is -2.09. The third-order valence-corrected chi connectivity index (χ3v) is 3.98. The van der Waals surface area contributed by atoms with E-state index in [0.717, 1.165) is 22.6 Å². The van der Waals surface area contributed by atoms with Gasteiger partial charge in [0.25, 0.3) is 5.91 Å². The molecular formula is C19H20N4O2. The van der Waals surface area contributed by atoms with Crippen molar-refractivity contribution >= 4 is 5.91 Å². The van der Waals surface area contributed by atoms with Crippen LogP contribution < -0.4 is 16.0 Å². The minimum absolute atomic E-state index is 0.278. The summed E-state index contributed by atoms with van der Waals surface area (Å²) in [7, 11) is 1.63. The number of rotatable bonds is 5. The lowest BCUT2D eigenvalue weighted by molar-refractivity contribution is 0.0948. The number of hydrogen-bond donors (Lipinski definition) is 2. The summed E-state index contributed by atoms with van der Waals surface area (Å²) in [5, 5.41) is 4.41. The van der Waals surface area contributed by atoms with Crippen molar-refractivity contribution in [3.05, 3.63) is 71.4 Å². The highest BCUT2D eigenvalue weighted by Gasteiger charge is 2.15. The second-order valence-corrected chi connectivity index (χ2v) is 5.76. The van der Waals surface area contributed by atoms with Crippen LogP contribution in [0.15, 0.2) is 54.6 Å². The third kappa shape index (κ3) is 3.70. The van der Waals surface area contributed by atoms with Gasteiger partial charge < -0.3 is 4.74 Å². The van der Waals surface area contributed by atoms with Gasteiger partial charge in [-0.25, -0.2) is 5.84 Å². The highest BCUT2D eigenvalue weighted by atomic mass is 16.5. The summed E-state index contributed by atoms with van der Waals surface area (Å²) in [5.74, 6) is 5.60. The Morgan fingerprint density at radius 3 is 2.44 bits per heavy atom. The Kier molecular flexibility index (Phi) is 4.81. The maximum absolute atomic E-state index is 11.9. The maximum atomic E-state index is 11.9. The molecule has 0 fully saturated rings. The van der Waals surface area contributed by atoms with Crippen molar-refractivity contribution in [1.29, 1.82) is 0 Å². The molecule has 0 aliphatic rings. The Morgan fingerprint density at radius 2 is 1.84 bits per heavy atom. The van der Waals surface area contributed by atoms with Crippen LogP contribution >= 0.6 is 0 Å². The van der Waals surface area contributed by atoms with E-state index in [1.807, 2.05) is 31.2 Å². The molecule has 3 aromatic rings. The van der Waals surface area contributed by atoms with E-state index in [1.54, 1.807) is 17.9 Å². The molecule has 1 amide bonds. The van der Waals surface area contributed by atoms with Gasteiger partial charge in [0.05, 0.1) is 19.3 Å². The second kappa shape index (κ2) is 7.19. The fourth-order valence-corrected chi connectivity index (χ4v) is 2.58. The molecule has 2 aromatic carbocycles. The molecule has 1 heterocycles. The lowest BCUT2D eigenvalue weighted by atomic mass is 10.1. The van der Waals surface area contributed by atoms with Crippen molar-refractivity contribution in [2.75, 3.05) is 7.11 Å². The molecule has 0 saturated heterocycles. The minimum Gasteiger partial charge on any atom is -0.497 e. The molecule has 6 heteroatoms. The van der Waals surface area contributed by atoms with E-state index in [-0.39, 0.29) is 5.69 Å². The highest BCUT2D eigenvalue weighted by molar-refractivity contribution is 5.93. The van der Waals surface area contributed by atoms with Crippen LogP contribution in [0.25, 0.3) is 11.3 Å². The van der Waals surface area contributed by atoms with Gasteiger partial charge in [-0.3, -0.25) is 14.9 Å². The summed E-state index contributed by atoms with van der Waals surface area (Å²) in [6.07, 6.45) is 0. The minimum atomic E-state index is -0.419. The summed E-state index contributed by atoms with van der Waals surface area (Å²) in [4.78, 5) is 11.9.